The van der Waals surface area contributed by atoms with Crippen LogP contribution < -0.4 is 27.2 Å². The molecule has 0 rings (SSSR count). The van der Waals surface area contributed by atoms with Crippen molar-refractivity contribution in [3.05, 3.63) is 50.6 Å². The highest BCUT2D eigenvalue weighted by molar-refractivity contribution is 6.66. The van der Waals surface area contributed by atoms with Gasteiger partial charge in [-0.1, -0.05) is 26.3 Å². The van der Waals surface area contributed by atoms with Gasteiger partial charge in [0.05, 0.1) is 46.1 Å². The lowest BCUT2D eigenvalue weighted by molar-refractivity contribution is -0.883. The number of nitrogens with zero attached hydrogens (tertiary/aromatic N) is 3. The van der Waals surface area contributed by atoms with Crippen LogP contribution in [-0.2, 0) is 43.2 Å². The van der Waals surface area contributed by atoms with Gasteiger partial charge >= 0.3 is 11.9 Å². The lowest BCUT2D eigenvalue weighted by Crippen LogP contribution is -2.51. The molecule has 0 aliphatic rings. The predicted molar refractivity (Wildman–Crippen MR) is 218 cm³/mol. The summed E-state index contributed by atoms with van der Waals surface area (Å²) in [5.41, 5.74) is 9.76. The van der Waals surface area contributed by atoms with Gasteiger partial charge in [0.2, 0.25) is 17.1 Å². The van der Waals surface area contributed by atoms with Crippen LogP contribution in [0.3, 0.4) is 0 Å². The number of likely N-dealkylation sites (N-methyl/N-ethyl adjacent to an activating group) is 3. The zero-order valence-corrected chi connectivity index (χ0v) is 35.1. The Kier molecular flexibility index (Phi) is 49.2. The monoisotopic (exact) mass is 835 g/mol. The van der Waals surface area contributed by atoms with E-state index < -0.39 is 23.2 Å². The number of nitrogens with two attached hydrogens (primary N) is 2. The van der Waals surface area contributed by atoms with Crippen LogP contribution in [0, 0.1) is 0 Å². The normalized spacial score (nSPS) is 9.46. The number of quaternary nitrogens is 1. The van der Waals surface area contributed by atoms with E-state index in [9.17, 15) is 48.3 Å². The molecule has 0 aromatic carbocycles. The Balaban J connectivity index is -0.000000147. The number of halogens is 1. The molecule has 0 aromatic heterocycles. The van der Waals surface area contributed by atoms with Gasteiger partial charge in [-0.25, -0.2) is 0 Å². The smallest absolute Gasteiger partial charge is 0.317 e. The van der Waals surface area contributed by atoms with Gasteiger partial charge < -0.3 is 56.5 Å². The maximum absolute atomic E-state index is 11.3. The average Bonchev–Trinajstić information content (AvgIpc) is 3.12. The molecular formula is C37H66ClN7O12. The quantitative estimate of drug-likeness (QED) is 0.0376. The Labute approximate surface area is 342 Å². The molecule has 0 heterocycles. The molecule has 0 aliphatic carbocycles. The molecule has 0 unspecified atom stereocenters. The number of carboxylic acids is 3. The van der Waals surface area contributed by atoms with E-state index in [2.05, 4.69) is 47.6 Å². The Morgan fingerprint density at radius 2 is 1.00 bits per heavy atom. The van der Waals surface area contributed by atoms with Crippen LogP contribution in [0.4, 0.5) is 0 Å². The molecule has 20 heteroatoms. The van der Waals surface area contributed by atoms with Crippen LogP contribution in [-0.4, -0.2) is 171 Å². The molecule has 2 amide bonds. The van der Waals surface area contributed by atoms with E-state index in [1.165, 1.54) is 12.2 Å². The minimum atomic E-state index is -1.12. The molecule has 0 saturated heterocycles. The van der Waals surface area contributed by atoms with E-state index in [-0.39, 0.29) is 85.3 Å². The van der Waals surface area contributed by atoms with Crippen molar-refractivity contribution in [2.75, 3.05) is 94.6 Å². The number of carbonyl (C=O) groups is 9. The molecule has 0 radical (unpaired) electrons. The summed E-state index contributed by atoms with van der Waals surface area (Å²) in [5, 5.41) is 31.0. The molecule has 0 fully saturated rings. The maximum atomic E-state index is 11.3. The van der Waals surface area contributed by atoms with Crippen LogP contribution in [0.25, 0.3) is 0 Å². The summed E-state index contributed by atoms with van der Waals surface area (Å²) in [6.07, 6.45) is 5.31. The van der Waals surface area contributed by atoms with Crippen LogP contribution in [0.15, 0.2) is 50.6 Å². The first-order valence-corrected chi connectivity index (χ1v) is 17.6. The van der Waals surface area contributed by atoms with Crippen LogP contribution in [0.2, 0.25) is 0 Å². The number of hydrogen-bond donors (Lipinski definition) is 6. The third-order valence-corrected chi connectivity index (χ3v) is 6.01. The third-order valence-electron chi connectivity index (χ3n) is 5.85. The number of hydrogen-bond acceptors (Lipinski definition) is 14. The fourth-order valence-corrected chi connectivity index (χ4v) is 2.79. The number of rotatable bonds is 24. The second-order valence-corrected chi connectivity index (χ2v) is 12.7. The van der Waals surface area contributed by atoms with Crippen LogP contribution in [0.1, 0.15) is 38.5 Å². The summed E-state index contributed by atoms with van der Waals surface area (Å²) in [4.78, 5) is 97.5. The summed E-state index contributed by atoms with van der Waals surface area (Å²) >= 11 is 4.71. The van der Waals surface area contributed by atoms with E-state index in [1.54, 1.807) is 14.1 Å². The Bertz CT molecular complexity index is 1260. The number of allylic oxidation sites excluding steroid dienone is 4. The van der Waals surface area contributed by atoms with Crippen molar-refractivity contribution in [2.45, 2.75) is 38.5 Å². The topological polar surface area (TPSA) is 300 Å². The SMILES string of the molecule is C=CC(=O)CCC(=O)NCCN(C)C.C=CC(=O)CCC(=O)NCC[N+](C)(C)CC(=O)[O-].C=CC(=O)CCC(=O)O.C=CC(=O)Cl.CN(C)CCN.NCC(=O)O. The van der Waals surface area contributed by atoms with Gasteiger partial charge in [-0.2, -0.15) is 0 Å². The van der Waals surface area contributed by atoms with Gasteiger partial charge in [-0.3, -0.25) is 38.4 Å². The molecule has 0 saturated carbocycles. The molecular weight excluding hydrogens is 770 g/mol. The summed E-state index contributed by atoms with van der Waals surface area (Å²) < 4.78 is 0.230. The van der Waals surface area contributed by atoms with E-state index in [4.69, 9.17) is 27.5 Å². The lowest BCUT2D eigenvalue weighted by Gasteiger charge is -2.30. The number of carbonyl (C=O) groups excluding carboxylic acids is 7. The highest BCUT2D eigenvalue weighted by Gasteiger charge is 2.15. The van der Waals surface area contributed by atoms with E-state index in [0.717, 1.165) is 31.8 Å². The van der Waals surface area contributed by atoms with Crippen LogP contribution in [0.5, 0.6) is 0 Å². The van der Waals surface area contributed by atoms with Crippen molar-refractivity contribution in [1.82, 2.24) is 20.4 Å². The van der Waals surface area contributed by atoms with E-state index in [0.29, 0.717) is 19.6 Å². The molecule has 8 N–H and O–H groups in total. The van der Waals surface area contributed by atoms with Gasteiger partial charge in [-0.15, -0.1) is 0 Å². The first kappa shape index (κ1) is 64.0. The molecule has 57 heavy (non-hydrogen) atoms. The standard InChI is InChI=1S/C12H20N2O4.C10H18N2O2.C6H8O3.C4H12N2.C3H3ClO.C2H5NO2/c1-4-10(15)5-6-11(16)13-7-8-14(2,3)9-12(17)18;1-4-9(13)5-6-10(14)11-7-8-12(2)3;1-2-5(7)3-4-6(8)9;1-6(2)4-3-5;1-2-3(4)5;3-1-2(4)5/h4H,1,5-9H2,2-3H3,(H-,13,16,17,18);4H,1,5-8H2,2-3H3,(H,11,14);2H,1,3-4H2,(H,8,9);3-5H2,1-2H3;2H,1H2;1,3H2,(H,4,5). The first-order chi connectivity index (χ1) is 26.3. The van der Waals surface area contributed by atoms with Gasteiger partial charge in [-0.05, 0) is 64.1 Å². The minimum Gasteiger partial charge on any atom is -0.544 e. The third kappa shape index (κ3) is 72.9. The van der Waals surface area contributed by atoms with Crippen LogP contribution >= 0.6 is 11.6 Å². The average molecular weight is 836 g/mol. The van der Waals surface area contributed by atoms with E-state index >= 15 is 0 Å². The highest BCUT2D eigenvalue weighted by Crippen LogP contribution is 1.96. The van der Waals surface area contributed by atoms with Crippen molar-refractivity contribution in [3.63, 3.8) is 0 Å². The largest absolute Gasteiger partial charge is 0.544 e. The fraction of sp³-hybridized carbons (Fsp3) is 0.541. The van der Waals surface area contributed by atoms with Gasteiger partial charge in [0, 0.05) is 58.3 Å². The summed E-state index contributed by atoms with van der Waals surface area (Å²) in [5.74, 6) is -3.83. The van der Waals surface area contributed by atoms with Gasteiger partial charge in [0.15, 0.2) is 17.3 Å². The van der Waals surface area contributed by atoms with Crippen molar-refractivity contribution in [1.29, 1.82) is 0 Å². The number of carboxylic acid groups (broad SMARTS) is 3. The molecule has 0 aromatic rings. The molecule has 328 valence electrons. The zero-order chi connectivity index (χ0) is 46.0. The second-order valence-electron chi connectivity index (χ2n) is 12.3. The highest BCUT2D eigenvalue weighted by atomic mass is 35.5. The van der Waals surface area contributed by atoms with Gasteiger partial charge in [0.25, 0.3) is 0 Å². The second kappa shape index (κ2) is 43.8. The molecule has 0 atom stereocenters. The van der Waals surface area contributed by atoms with Gasteiger partial charge in [0.1, 0.15) is 6.54 Å². The Morgan fingerprint density at radius 1 is 0.649 bits per heavy atom. The number of amides is 2. The number of aliphatic carboxylic acids is 3. The fourth-order valence-electron chi connectivity index (χ4n) is 2.79. The van der Waals surface area contributed by atoms with Crippen molar-refractivity contribution in [2.24, 2.45) is 11.5 Å². The summed E-state index contributed by atoms with van der Waals surface area (Å²) in [7, 11) is 11.4. The van der Waals surface area contributed by atoms with E-state index in [1.807, 2.05) is 33.1 Å². The van der Waals surface area contributed by atoms with Crippen molar-refractivity contribution >= 4 is 63.9 Å². The number of nitrogens with one attached hydrogen (secondary N) is 2. The Hall–Kier alpha value is -4.92. The molecule has 0 bridgehead atoms. The minimum absolute atomic E-state index is 0.0544. The number of ketones is 3. The molecule has 19 nitrogen and oxygen atoms in total. The Morgan fingerprint density at radius 3 is 1.25 bits per heavy atom. The first-order valence-electron chi connectivity index (χ1n) is 17.3. The predicted octanol–water partition coefficient (Wildman–Crippen LogP) is -1.26. The lowest BCUT2D eigenvalue weighted by atomic mass is 10.2. The molecule has 0 spiro atoms. The zero-order valence-electron chi connectivity index (χ0n) is 34.4. The summed E-state index contributed by atoms with van der Waals surface area (Å²) in [6, 6.07) is 0. The molecule has 0 aliphatic heterocycles. The van der Waals surface area contributed by atoms with Crippen molar-refractivity contribution < 1.29 is 63.0 Å². The van der Waals surface area contributed by atoms with Crippen molar-refractivity contribution in [3.8, 4) is 0 Å². The maximum Gasteiger partial charge on any atom is 0.317 e. The summed E-state index contributed by atoms with van der Waals surface area (Å²) in [6.45, 7) is 16.6.